The summed E-state index contributed by atoms with van der Waals surface area (Å²) in [5.41, 5.74) is 6.19. The molecule has 1 rings (SSSR count). The van der Waals surface area contributed by atoms with Gasteiger partial charge >= 0.3 is 0 Å². The van der Waals surface area contributed by atoms with Gasteiger partial charge < -0.3 is 15.6 Å². The number of nitrogen functional groups attached to an aromatic ring is 1. The summed E-state index contributed by atoms with van der Waals surface area (Å²) in [4.78, 5) is 1.45. The number of aliphatic hydroxyl groups is 1. The molecule has 4 nitrogen and oxygen atoms in total. The third-order valence-electron chi connectivity index (χ3n) is 2.40. The first-order chi connectivity index (χ1) is 8.63. The third-order valence-corrected chi connectivity index (χ3v) is 2.40. The van der Waals surface area contributed by atoms with Gasteiger partial charge in [-0.2, -0.15) is 0 Å². The van der Waals surface area contributed by atoms with E-state index in [1.54, 1.807) is 24.3 Å². The SMILES string of the molecule is Nc1ccccc1OCCN(CCO)CC(F)F. The molecule has 0 saturated carbocycles. The highest BCUT2D eigenvalue weighted by Crippen LogP contribution is 2.19. The van der Waals surface area contributed by atoms with Crippen molar-refractivity contribution in [3.05, 3.63) is 24.3 Å². The monoisotopic (exact) mass is 260 g/mol. The minimum absolute atomic E-state index is 0.153. The molecule has 1 aromatic rings. The van der Waals surface area contributed by atoms with E-state index in [-0.39, 0.29) is 26.3 Å². The molecule has 0 radical (unpaired) electrons. The molecule has 0 atom stereocenters. The highest BCUT2D eigenvalue weighted by molar-refractivity contribution is 5.51. The maximum absolute atomic E-state index is 12.2. The molecule has 0 aliphatic heterocycles. The minimum atomic E-state index is -2.42. The van der Waals surface area contributed by atoms with Gasteiger partial charge in [0.15, 0.2) is 0 Å². The van der Waals surface area contributed by atoms with Gasteiger partial charge in [0, 0.05) is 13.1 Å². The number of hydrogen-bond donors (Lipinski definition) is 2. The lowest BCUT2D eigenvalue weighted by atomic mass is 10.3. The Morgan fingerprint density at radius 1 is 1.28 bits per heavy atom. The zero-order valence-electron chi connectivity index (χ0n) is 10.1. The Balaban J connectivity index is 2.36. The predicted molar refractivity (Wildman–Crippen MR) is 65.9 cm³/mol. The van der Waals surface area contributed by atoms with Crippen LogP contribution in [0.5, 0.6) is 5.75 Å². The summed E-state index contributed by atoms with van der Waals surface area (Å²) in [6.07, 6.45) is -2.42. The quantitative estimate of drug-likeness (QED) is 0.690. The van der Waals surface area contributed by atoms with Gasteiger partial charge in [-0.15, -0.1) is 0 Å². The summed E-state index contributed by atoms with van der Waals surface area (Å²) in [7, 11) is 0. The van der Waals surface area contributed by atoms with E-state index in [0.717, 1.165) is 0 Å². The molecule has 6 heteroatoms. The molecule has 0 fully saturated rings. The Bertz CT molecular complexity index is 351. The van der Waals surface area contributed by atoms with E-state index in [1.807, 2.05) is 0 Å². The van der Waals surface area contributed by atoms with E-state index < -0.39 is 6.43 Å². The number of halogens is 2. The summed E-state index contributed by atoms with van der Waals surface area (Å²) in [5, 5.41) is 8.76. The Morgan fingerprint density at radius 2 is 2.00 bits per heavy atom. The van der Waals surface area contributed by atoms with Gasteiger partial charge in [0.1, 0.15) is 12.4 Å². The topological polar surface area (TPSA) is 58.7 Å². The summed E-state index contributed by atoms with van der Waals surface area (Å²) in [6.45, 7) is 0.256. The second kappa shape index (κ2) is 7.84. The van der Waals surface area contributed by atoms with E-state index >= 15 is 0 Å². The summed E-state index contributed by atoms with van der Waals surface area (Å²) < 4.78 is 29.9. The first-order valence-corrected chi connectivity index (χ1v) is 5.72. The Labute approximate surface area is 105 Å². The van der Waals surface area contributed by atoms with Crippen LogP contribution in [0.4, 0.5) is 14.5 Å². The normalized spacial score (nSPS) is 11.2. The maximum Gasteiger partial charge on any atom is 0.251 e. The fourth-order valence-electron chi connectivity index (χ4n) is 1.53. The van der Waals surface area contributed by atoms with Gasteiger partial charge in [0.05, 0.1) is 18.8 Å². The van der Waals surface area contributed by atoms with Gasteiger partial charge in [-0.3, -0.25) is 4.90 Å². The van der Waals surface area contributed by atoms with Crippen LogP contribution in [-0.4, -0.2) is 49.3 Å². The van der Waals surface area contributed by atoms with Crippen molar-refractivity contribution in [1.82, 2.24) is 4.90 Å². The van der Waals surface area contributed by atoms with Crippen molar-refractivity contribution < 1.29 is 18.6 Å². The van der Waals surface area contributed by atoms with Crippen molar-refractivity contribution in [2.24, 2.45) is 0 Å². The summed E-state index contributed by atoms with van der Waals surface area (Å²) >= 11 is 0. The summed E-state index contributed by atoms with van der Waals surface area (Å²) in [6, 6.07) is 7.01. The number of anilines is 1. The molecule has 0 unspecified atom stereocenters. The summed E-state index contributed by atoms with van der Waals surface area (Å²) in [5.74, 6) is 0.540. The Morgan fingerprint density at radius 3 is 2.61 bits per heavy atom. The van der Waals surface area contributed by atoms with Crippen molar-refractivity contribution in [3.63, 3.8) is 0 Å². The maximum atomic E-state index is 12.2. The first kappa shape index (κ1) is 14.7. The number of para-hydroxylation sites is 2. The number of nitrogens with zero attached hydrogens (tertiary/aromatic N) is 1. The molecular weight excluding hydrogens is 242 g/mol. The van der Waals surface area contributed by atoms with E-state index in [4.69, 9.17) is 15.6 Å². The fraction of sp³-hybridized carbons (Fsp3) is 0.500. The minimum Gasteiger partial charge on any atom is -0.490 e. The Hall–Kier alpha value is -1.40. The molecule has 0 spiro atoms. The number of benzene rings is 1. The standard InChI is InChI=1S/C12H18F2N2O2/c13-12(14)9-16(5-7-17)6-8-18-11-4-2-1-3-10(11)15/h1-4,12,17H,5-9,15H2. The molecule has 0 aromatic heterocycles. The highest BCUT2D eigenvalue weighted by atomic mass is 19.3. The van der Waals surface area contributed by atoms with Crippen molar-refractivity contribution in [1.29, 1.82) is 0 Å². The van der Waals surface area contributed by atoms with Crippen LogP contribution in [0.3, 0.4) is 0 Å². The molecule has 18 heavy (non-hydrogen) atoms. The number of hydrogen-bond acceptors (Lipinski definition) is 4. The van der Waals surface area contributed by atoms with Crippen LogP contribution >= 0.6 is 0 Å². The van der Waals surface area contributed by atoms with Gasteiger partial charge in [0.25, 0.3) is 6.43 Å². The van der Waals surface area contributed by atoms with Crippen LogP contribution in [-0.2, 0) is 0 Å². The molecule has 0 amide bonds. The molecule has 102 valence electrons. The second-order valence-electron chi connectivity index (χ2n) is 3.80. The van der Waals surface area contributed by atoms with Gasteiger partial charge in [-0.25, -0.2) is 8.78 Å². The molecule has 3 N–H and O–H groups in total. The molecule has 0 bridgehead atoms. The lowest BCUT2D eigenvalue weighted by Gasteiger charge is -2.20. The molecule has 0 aliphatic rings. The molecule has 0 saturated heterocycles. The average molecular weight is 260 g/mol. The Kier molecular flexibility index (Phi) is 6.38. The zero-order valence-corrected chi connectivity index (χ0v) is 10.1. The lowest BCUT2D eigenvalue weighted by Crippen LogP contribution is -2.35. The van der Waals surface area contributed by atoms with Crippen molar-refractivity contribution in [2.75, 3.05) is 38.6 Å². The van der Waals surface area contributed by atoms with Crippen molar-refractivity contribution >= 4 is 5.69 Å². The van der Waals surface area contributed by atoms with Gasteiger partial charge in [0.2, 0.25) is 0 Å². The number of rotatable bonds is 8. The van der Waals surface area contributed by atoms with Crippen molar-refractivity contribution in [2.45, 2.75) is 6.43 Å². The zero-order chi connectivity index (χ0) is 13.4. The van der Waals surface area contributed by atoms with Gasteiger partial charge in [-0.1, -0.05) is 12.1 Å². The van der Waals surface area contributed by atoms with Crippen LogP contribution in [0.2, 0.25) is 0 Å². The number of aliphatic hydroxyl groups excluding tert-OH is 1. The van der Waals surface area contributed by atoms with Crippen LogP contribution < -0.4 is 10.5 Å². The smallest absolute Gasteiger partial charge is 0.251 e. The lowest BCUT2D eigenvalue weighted by molar-refractivity contribution is 0.0709. The number of nitrogens with two attached hydrogens (primary N) is 1. The fourth-order valence-corrected chi connectivity index (χ4v) is 1.53. The predicted octanol–water partition coefficient (Wildman–Crippen LogP) is 1.21. The second-order valence-corrected chi connectivity index (χ2v) is 3.80. The molecule has 0 aliphatic carbocycles. The van der Waals surface area contributed by atoms with E-state index in [0.29, 0.717) is 18.0 Å². The molecule has 0 heterocycles. The van der Waals surface area contributed by atoms with E-state index in [9.17, 15) is 8.78 Å². The molecular formula is C12H18F2N2O2. The van der Waals surface area contributed by atoms with Crippen LogP contribution in [0.25, 0.3) is 0 Å². The van der Waals surface area contributed by atoms with Gasteiger partial charge in [-0.05, 0) is 12.1 Å². The molecule has 1 aromatic carbocycles. The van der Waals surface area contributed by atoms with Crippen LogP contribution in [0, 0.1) is 0 Å². The average Bonchev–Trinajstić information content (AvgIpc) is 2.31. The number of ether oxygens (including phenoxy) is 1. The first-order valence-electron chi connectivity index (χ1n) is 5.72. The van der Waals surface area contributed by atoms with Crippen molar-refractivity contribution in [3.8, 4) is 5.75 Å². The number of alkyl halides is 2. The van der Waals surface area contributed by atoms with Crippen LogP contribution in [0.15, 0.2) is 24.3 Å². The van der Waals surface area contributed by atoms with Crippen LogP contribution in [0.1, 0.15) is 0 Å². The van der Waals surface area contributed by atoms with E-state index in [2.05, 4.69) is 0 Å². The highest BCUT2D eigenvalue weighted by Gasteiger charge is 2.11. The van der Waals surface area contributed by atoms with E-state index in [1.165, 1.54) is 4.90 Å². The largest absolute Gasteiger partial charge is 0.490 e. The third kappa shape index (κ3) is 5.29.